The molecule has 26 heavy (non-hydrogen) atoms. The molecule has 5 nitrogen and oxygen atoms in total. The van der Waals surface area contributed by atoms with Crippen molar-refractivity contribution in [2.24, 2.45) is 4.99 Å². The van der Waals surface area contributed by atoms with Crippen LogP contribution in [0.25, 0.3) is 0 Å². The van der Waals surface area contributed by atoms with Gasteiger partial charge in [0.1, 0.15) is 18.7 Å². The SMILES string of the molecule is Cc1ccn(C(=O)c2cccc3c2OCCO3)c(=NC2CCCCC2)c1. The fourth-order valence-corrected chi connectivity index (χ4v) is 3.63. The van der Waals surface area contributed by atoms with E-state index < -0.39 is 0 Å². The molecule has 5 heteroatoms. The highest BCUT2D eigenvalue weighted by atomic mass is 16.6. The summed E-state index contributed by atoms with van der Waals surface area (Å²) in [5.41, 5.74) is 2.32. The Kier molecular flexibility index (Phi) is 4.78. The number of carbonyl (C=O) groups is 1. The third-order valence-corrected chi connectivity index (χ3v) is 5.00. The van der Waals surface area contributed by atoms with Crippen molar-refractivity contribution >= 4 is 5.91 Å². The first kappa shape index (κ1) is 16.9. The molecule has 0 bridgehead atoms. The van der Waals surface area contributed by atoms with Crippen molar-refractivity contribution in [1.29, 1.82) is 0 Å². The number of hydrogen-bond donors (Lipinski definition) is 0. The topological polar surface area (TPSA) is 52.8 Å². The van der Waals surface area contributed by atoms with Crippen molar-refractivity contribution in [3.8, 4) is 11.5 Å². The summed E-state index contributed by atoms with van der Waals surface area (Å²) in [5.74, 6) is 1.02. The second kappa shape index (κ2) is 7.36. The van der Waals surface area contributed by atoms with Crippen molar-refractivity contribution in [1.82, 2.24) is 4.57 Å². The summed E-state index contributed by atoms with van der Waals surface area (Å²) >= 11 is 0. The third kappa shape index (κ3) is 3.39. The lowest BCUT2D eigenvalue weighted by Crippen LogP contribution is -2.30. The van der Waals surface area contributed by atoms with Crippen LogP contribution in [0, 0.1) is 6.92 Å². The molecule has 0 radical (unpaired) electrons. The molecule has 0 amide bonds. The fourth-order valence-electron chi connectivity index (χ4n) is 3.63. The Balaban J connectivity index is 1.76. The minimum atomic E-state index is -0.137. The van der Waals surface area contributed by atoms with E-state index in [9.17, 15) is 4.79 Å². The van der Waals surface area contributed by atoms with Gasteiger partial charge in [0.15, 0.2) is 11.5 Å². The van der Waals surface area contributed by atoms with Gasteiger partial charge in [0.2, 0.25) is 0 Å². The van der Waals surface area contributed by atoms with Crippen LogP contribution in [0.4, 0.5) is 0 Å². The third-order valence-electron chi connectivity index (χ3n) is 5.00. The van der Waals surface area contributed by atoms with E-state index in [1.807, 2.05) is 37.4 Å². The van der Waals surface area contributed by atoms with E-state index in [-0.39, 0.29) is 5.91 Å². The molecule has 2 heterocycles. The minimum Gasteiger partial charge on any atom is -0.486 e. The smallest absolute Gasteiger partial charge is 0.267 e. The summed E-state index contributed by atoms with van der Waals surface area (Å²) in [6.45, 7) is 2.98. The highest BCUT2D eigenvalue weighted by Crippen LogP contribution is 2.33. The molecular formula is C21H24N2O3. The van der Waals surface area contributed by atoms with Gasteiger partial charge in [-0.05, 0) is 49.6 Å². The van der Waals surface area contributed by atoms with Gasteiger partial charge in [-0.1, -0.05) is 25.3 Å². The molecule has 0 unspecified atom stereocenters. The van der Waals surface area contributed by atoms with Gasteiger partial charge in [-0.25, -0.2) is 0 Å². The van der Waals surface area contributed by atoms with Crippen LogP contribution in [0.3, 0.4) is 0 Å². The second-order valence-electron chi connectivity index (χ2n) is 6.99. The van der Waals surface area contributed by atoms with Gasteiger partial charge in [-0.3, -0.25) is 14.4 Å². The van der Waals surface area contributed by atoms with E-state index in [2.05, 4.69) is 0 Å². The Labute approximate surface area is 153 Å². The van der Waals surface area contributed by atoms with Gasteiger partial charge >= 0.3 is 0 Å². The van der Waals surface area contributed by atoms with E-state index in [1.165, 1.54) is 19.3 Å². The Hall–Kier alpha value is -2.56. The van der Waals surface area contributed by atoms with Crippen LogP contribution in [-0.4, -0.2) is 29.7 Å². The Morgan fingerprint density at radius 1 is 1.12 bits per heavy atom. The molecule has 0 atom stereocenters. The molecule has 0 spiro atoms. The lowest BCUT2D eigenvalue weighted by Gasteiger charge is -2.21. The van der Waals surface area contributed by atoms with E-state index >= 15 is 0 Å². The molecule has 1 fully saturated rings. The number of rotatable bonds is 2. The van der Waals surface area contributed by atoms with Gasteiger partial charge < -0.3 is 9.47 Å². The number of carbonyl (C=O) groups excluding carboxylic acids is 1. The maximum atomic E-state index is 13.3. The maximum Gasteiger partial charge on any atom is 0.267 e. The van der Waals surface area contributed by atoms with Gasteiger partial charge in [0.05, 0.1) is 11.6 Å². The highest BCUT2D eigenvalue weighted by Gasteiger charge is 2.22. The lowest BCUT2D eigenvalue weighted by atomic mass is 9.96. The minimum absolute atomic E-state index is 0.137. The van der Waals surface area contributed by atoms with E-state index in [4.69, 9.17) is 14.5 Å². The summed E-state index contributed by atoms with van der Waals surface area (Å²) in [6.07, 6.45) is 7.71. The number of benzene rings is 1. The van der Waals surface area contributed by atoms with Gasteiger partial charge in [-0.2, -0.15) is 0 Å². The zero-order valence-corrected chi connectivity index (χ0v) is 15.1. The van der Waals surface area contributed by atoms with Crippen molar-refractivity contribution in [3.63, 3.8) is 0 Å². The maximum absolute atomic E-state index is 13.3. The molecule has 2 aliphatic rings. The molecule has 1 saturated carbocycles. The van der Waals surface area contributed by atoms with Crippen LogP contribution in [-0.2, 0) is 0 Å². The van der Waals surface area contributed by atoms with Crippen LogP contribution in [0.5, 0.6) is 11.5 Å². The predicted octanol–water partition coefficient (Wildman–Crippen LogP) is 3.49. The molecule has 1 aromatic carbocycles. The summed E-state index contributed by atoms with van der Waals surface area (Å²) < 4.78 is 13.0. The van der Waals surface area contributed by atoms with Crippen LogP contribution in [0.1, 0.15) is 48.0 Å². The number of fused-ring (bicyclic) bond motifs is 1. The molecule has 0 N–H and O–H groups in total. The van der Waals surface area contributed by atoms with Crippen molar-refractivity contribution in [3.05, 3.63) is 53.1 Å². The van der Waals surface area contributed by atoms with E-state index in [0.29, 0.717) is 36.3 Å². The average molecular weight is 352 g/mol. The van der Waals surface area contributed by atoms with Crippen LogP contribution < -0.4 is 15.0 Å². The summed E-state index contributed by atoms with van der Waals surface area (Å²) in [5, 5.41) is 0. The molecular weight excluding hydrogens is 328 g/mol. The van der Waals surface area contributed by atoms with Gasteiger partial charge in [-0.15, -0.1) is 0 Å². The largest absolute Gasteiger partial charge is 0.486 e. The average Bonchev–Trinajstić information content (AvgIpc) is 2.68. The number of aryl methyl sites for hydroxylation is 1. The normalized spacial score (nSPS) is 18.0. The van der Waals surface area contributed by atoms with Crippen LogP contribution in [0.2, 0.25) is 0 Å². The molecule has 2 aromatic rings. The predicted molar refractivity (Wildman–Crippen MR) is 98.8 cm³/mol. The first-order valence-electron chi connectivity index (χ1n) is 9.39. The number of ether oxygens (including phenoxy) is 2. The first-order chi connectivity index (χ1) is 12.7. The number of para-hydroxylation sites is 1. The van der Waals surface area contributed by atoms with Crippen molar-refractivity contribution < 1.29 is 14.3 Å². The van der Waals surface area contributed by atoms with Gasteiger partial charge in [0, 0.05) is 6.20 Å². The standard InChI is InChI=1S/C21H24N2O3/c1-15-10-11-23(19(14-15)22-16-6-3-2-4-7-16)21(24)17-8-5-9-18-20(17)26-13-12-25-18/h5,8-11,14,16H,2-4,6-7,12-13H2,1H3. The quantitative estimate of drug-likeness (QED) is 0.831. The molecule has 1 aliphatic carbocycles. The van der Waals surface area contributed by atoms with Crippen LogP contribution >= 0.6 is 0 Å². The Morgan fingerprint density at radius 3 is 2.77 bits per heavy atom. The molecule has 1 aliphatic heterocycles. The van der Waals surface area contributed by atoms with Crippen LogP contribution in [0.15, 0.2) is 41.5 Å². The number of nitrogens with zero attached hydrogens (tertiary/aromatic N) is 2. The number of aromatic nitrogens is 1. The highest BCUT2D eigenvalue weighted by molar-refractivity contribution is 5.99. The Morgan fingerprint density at radius 2 is 1.92 bits per heavy atom. The summed E-state index contributed by atoms with van der Waals surface area (Å²) in [6, 6.07) is 9.66. The lowest BCUT2D eigenvalue weighted by molar-refractivity contribution is 0.0943. The number of pyridine rings is 1. The number of hydrogen-bond acceptors (Lipinski definition) is 4. The van der Waals surface area contributed by atoms with E-state index in [1.54, 1.807) is 10.6 Å². The van der Waals surface area contributed by atoms with Crippen molar-refractivity contribution in [2.75, 3.05) is 13.2 Å². The first-order valence-corrected chi connectivity index (χ1v) is 9.39. The summed E-state index contributed by atoms with van der Waals surface area (Å²) in [4.78, 5) is 18.2. The summed E-state index contributed by atoms with van der Waals surface area (Å²) in [7, 11) is 0. The van der Waals surface area contributed by atoms with Crippen molar-refractivity contribution in [2.45, 2.75) is 45.1 Å². The molecule has 1 aromatic heterocycles. The Bertz CT molecular complexity index is 879. The zero-order valence-electron chi connectivity index (χ0n) is 15.1. The fraction of sp³-hybridized carbons (Fsp3) is 0.429. The molecule has 4 rings (SSSR count). The van der Waals surface area contributed by atoms with Gasteiger partial charge in [0.25, 0.3) is 5.91 Å². The zero-order chi connectivity index (χ0) is 17.9. The molecule has 136 valence electrons. The second-order valence-corrected chi connectivity index (χ2v) is 6.99. The monoisotopic (exact) mass is 352 g/mol. The van der Waals surface area contributed by atoms with E-state index in [0.717, 1.165) is 23.9 Å². The molecule has 0 saturated heterocycles.